The van der Waals surface area contributed by atoms with Crippen LogP contribution in [0, 0.1) is 5.92 Å². The Bertz CT molecular complexity index is 874. The van der Waals surface area contributed by atoms with Crippen molar-refractivity contribution >= 4 is 29.7 Å². The van der Waals surface area contributed by atoms with E-state index in [-0.39, 0.29) is 18.3 Å². The zero-order valence-electron chi connectivity index (χ0n) is 20.2. The minimum Gasteiger partial charge on any atom is -0.480 e. The summed E-state index contributed by atoms with van der Waals surface area (Å²) in [5.74, 6) is -3.20. The molecule has 12 nitrogen and oxygen atoms in total. The van der Waals surface area contributed by atoms with E-state index >= 15 is 0 Å². The molecule has 4 atom stereocenters. The Morgan fingerprint density at radius 1 is 1.06 bits per heavy atom. The smallest absolute Gasteiger partial charge is 0.326 e. The molecule has 0 spiro atoms. The zero-order valence-corrected chi connectivity index (χ0v) is 20.2. The number of amides is 3. The molecule has 12 heteroatoms. The number of rotatable bonds is 15. The van der Waals surface area contributed by atoms with Gasteiger partial charge in [-0.05, 0) is 24.3 Å². The van der Waals surface area contributed by atoms with E-state index < -0.39 is 48.4 Å². The highest BCUT2D eigenvalue weighted by molar-refractivity contribution is 5.92. The summed E-state index contributed by atoms with van der Waals surface area (Å²) in [6, 6.07) is 5.95. The lowest BCUT2D eigenvalue weighted by Crippen LogP contribution is -2.55. The minimum absolute atomic E-state index is 0.0460. The molecule has 1 rings (SSSR count). The first kappa shape index (κ1) is 29.4. The number of nitrogens with two attached hydrogens (primary N) is 3. The Balaban J connectivity index is 2.64. The maximum Gasteiger partial charge on any atom is 0.326 e. The van der Waals surface area contributed by atoms with Crippen molar-refractivity contribution < 1.29 is 24.3 Å². The lowest BCUT2D eigenvalue weighted by Gasteiger charge is -2.25. The Morgan fingerprint density at radius 2 is 1.71 bits per heavy atom. The lowest BCUT2D eigenvalue weighted by molar-refractivity contribution is -0.141. The highest BCUT2D eigenvalue weighted by Gasteiger charge is 2.28. The number of carboxylic acid groups (broad SMARTS) is 1. The Labute approximate surface area is 205 Å². The van der Waals surface area contributed by atoms with Crippen molar-refractivity contribution in [3.05, 3.63) is 35.9 Å². The van der Waals surface area contributed by atoms with Crippen molar-refractivity contribution in [3.8, 4) is 0 Å². The summed E-state index contributed by atoms with van der Waals surface area (Å²) in [7, 11) is 0. The molecule has 0 bridgehead atoms. The minimum atomic E-state index is -1.19. The molecule has 4 unspecified atom stereocenters. The van der Waals surface area contributed by atoms with Gasteiger partial charge in [-0.25, -0.2) is 4.79 Å². The van der Waals surface area contributed by atoms with E-state index in [9.17, 15) is 24.3 Å². The lowest BCUT2D eigenvalue weighted by atomic mass is 9.97. The molecule has 0 aliphatic carbocycles. The third-order valence-corrected chi connectivity index (χ3v) is 5.44. The van der Waals surface area contributed by atoms with Gasteiger partial charge < -0.3 is 38.3 Å². The summed E-state index contributed by atoms with van der Waals surface area (Å²) in [5.41, 5.74) is 17.2. The van der Waals surface area contributed by atoms with Gasteiger partial charge in [0.05, 0.1) is 12.6 Å². The number of hydrogen-bond acceptors (Lipinski definition) is 6. The molecule has 3 amide bonds. The number of carbonyl (C=O) groups excluding carboxylic acids is 3. The van der Waals surface area contributed by atoms with Crippen molar-refractivity contribution in [3.63, 3.8) is 0 Å². The predicted octanol–water partition coefficient (Wildman–Crippen LogP) is -1.17. The van der Waals surface area contributed by atoms with Gasteiger partial charge in [0, 0.05) is 13.0 Å². The first-order chi connectivity index (χ1) is 16.5. The predicted molar refractivity (Wildman–Crippen MR) is 132 cm³/mol. The van der Waals surface area contributed by atoms with Crippen molar-refractivity contribution in [1.29, 1.82) is 0 Å². The van der Waals surface area contributed by atoms with Crippen molar-refractivity contribution in [2.24, 2.45) is 28.1 Å². The highest BCUT2D eigenvalue weighted by Crippen LogP contribution is 2.09. The second kappa shape index (κ2) is 15.3. The summed E-state index contributed by atoms with van der Waals surface area (Å²) in [5, 5.41) is 17.0. The quantitative estimate of drug-likeness (QED) is 0.0898. The van der Waals surface area contributed by atoms with E-state index in [1.54, 1.807) is 37.3 Å². The maximum atomic E-state index is 12.7. The fourth-order valence-corrected chi connectivity index (χ4v) is 3.19. The van der Waals surface area contributed by atoms with Gasteiger partial charge in [0.2, 0.25) is 17.7 Å². The van der Waals surface area contributed by atoms with E-state index in [0.717, 1.165) is 5.56 Å². The molecule has 0 aliphatic heterocycles. The average molecular weight is 492 g/mol. The van der Waals surface area contributed by atoms with Crippen molar-refractivity contribution in [1.82, 2.24) is 16.0 Å². The van der Waals surface area contributed by atoms with Gasteiger partial charge in [0.15, 0.2) is 5.96 Å². The first-order valence-electron chi connectivity index (χ1n) is 11.5. The summed E-state index contributed by atoms with van der Waals surface area (Å²) in [4.78, 5) is 52.9. The van der Waals surface area contributed by atoms with Gasteiger partial charge >= 0.3 is 5.97 Å². The van der Waals surface area contributed by atoms with Crippen LogP contribution in [0.4, 0.5) is 0 Å². The third-order valence-electron chi connectivity index (χ3n) is 5.44. The van der Waals surface area contributed by atoms with Gasteiger partial charge in [-0.15, -0.1) is 0 Å². The second-order valence-electron chi connectivity index (χ2n) is 8.29. The molecule has 0 saturated carbocycles. The SMILES string of the molecule is CCC(C)C(NC(=O)C(N)CCCN=C(N)N)C(=O)NCC(=O)NC(Cc1ccccc1)C(=O)O. The number of hydrogen-bond donors (Lipinski definition) is 7. The van der Waals surface area contributed by atoms with E-state index in [1.807, 2.05) is 6.92 Å². The number of aliphatic imine (C=N–C) groups is 1. The number of aliphatic carboxylic acids is 1. The van der Waals surface area contributed by atoms with E-state index in [0.29, 0.717) is 25.8 Å². The summed E-state index contributed by atoms with van der Waals surface area (Å²) in [6.45, 7) is 3.54. The van der Waals surface area contributed by atoms with Crippen LogP contribution in [0.3, 0.4) is 0 Å². The largest absolute Gasteiger partial charge is 0.480 e. The summed E-state index contributed by atoms with van der Waals surface area (Å²) in [6.07, 6.45) is 1.49. The van der Waals surface area contributed by atoms with Crippen LogP contribution in [-0.4, -0.2) is 66.0 Å². The van der Waals surface area contributed by atoms with Gasteiger partial charge in [-0.3, -0.25) is 19.4 Å². The third kappa shape index (κ3) is 11.3. The van der Waals surface area contributed by atoms with Crippen LogP contribution in [0.1, 0.15) is 38.7 Å². The molecular formula is C23H37N7O5. The fourth-order valence-electron chi connectivity index (χ4n) is 3.19. The van der Waals surface area contributed by atoms with E-state index in [4.69, 9.17) is 17.2 Å². The molecule has 0 aliphatic rings. The number of carbonyl (C=O) groups is 4. The molecule has 0 heterocycles. The molecule has 35 heavy (non-hydrogen) atoms. The number of carboxylic acids is 1. The fraction of sp³-hybridized carbons (Fsp3) is 0.522. The van der Waals surface area contributed by atoms with E-state index in [1.165, 1.54) is 0 Å². The van der Waals surface area contributed by atoms with Crippen LogP contribution >= 0.6 is 0 Å². The van der Waals surface area contributed by atoms with Crippen LogP contribution in [-0.2, 0) is 25.6 Å². The standard InChI is InChI=1S/C23H37N7O5/c1-3-14(2)19(30-20(32)16(24)10-7-11-27-23(25)26)21(33)28-13-18(31)29-17(22(34)35)12-15-8-5-4-6-9-15/h4-6,8-9,14,16-17,19H,3,7,10-13,24H2,1-2H3,(H,28,33)(H,29,31)(H,30,32)(H,34,35)(H4,25,26,27). The summed E-state index contributed by atoms with van der Waals surface area (Å²) < 4.78 is 0. The highest BCUT2D eigenvalue weighted by atomic mass is 16.4. The normalized spacial score (nSPS) is 14.0. The van der Waals surface area contributed by atoms with Gasteiger partial charge in [-0.2, -0.15) is 0 Å². The van der Waals surface area contributed by atoms with Crippen LogP contribution in [0.15, 0.2) is 35.3 Å². The Hall–Kier alpha value is -3.67. The first-order valence-corrected chi connectivity index (χ1v) is 11.5. The zero-order chi connectivity index (χ0) is 26.4. The topological polar surface area (TPSA) is 215 Å². The van der Waals surface area contributed by atoms with Gasteiger partial charge in [-0.1, -0.05) is 50.6 Å². The molecule has 1 aromatic rings. The van der Waals surface area contributed by atoms with Gasteiger partial charge in [0.1, 0.15) is 12.1 Å². The molecule has 1 aromatic carbocycles. The van der Waals surface area contributed by atoms with Crippen molar-refractivity contribution in [2.75, 3.05) is 13.1 Å². The molecule has 0 saturated heterocycles. The van der Waals surface area contributed by atoms with E-state index in [2.05, 4.69) is 20.9 Å². The Kier molecular flexibility index (Phi) is 12.8. The number of nitrogens with zero attached hydrogens (tertiary/aromatic N) is 1. The average Bonchev–Trinajstić information content (AvgIpc) is 2.82. The van der Waals surface area contributed by atoms with Crippen molar-refractivity contribution in [2.45, 2.75) is 57.7 Å². The maximum absolute atomic E-state index is 12.7. The van der Waals surface area contributed by atoms with Crippen LogP contribution in [0.5, 0.6) is 0 Å². The second-order valence-corrected chi connectivity index (χ2v) is 8.29. The van der Waals surface area contributed by atoms with Crippen LogP contribution in [0.25, 0.3) is 0 Å². The molecule has 10 N–H and O–H groups in total. The number of benzene rings is 1. The molecule has 0 fully saturated rings. The molecule has 0 radical (unpaired) electrons. The number of nitrogens with one attached hydrogen (secondary N) is 3. The number of guanidine groups is 1. The van der Waals surface area contributed by atoms with Gasteiger partial charge in [0.25, 0.3) is 0 Å². The van der Waals surface area contributed by atoms with Crippen LogP contribution < -0.4 is 33.2 Å². The molecular weight excluding hydrogens is 454 g/mol. The monoisotopic (exact) mass is 491 g/mol. The molecule has 194 valence electrons. The molecule has 0 aromatic heterocycles. The van der Waals surface area contributed by atoms with Crippen LogP contribution in [0.2, 0.25) is 0 Å². The summed E-state index contributed by atoms with van der Waals surface area (Å²) >= 11 is 0. The Morgan fingerprint density at radius 3 is 2.29 bits per heavy atom.